The van der Waals surface area contributed by atoms with Gasteiger partial charge in [0.2, 0.25) is 0 Å². The molecule has 0 saturated heterocycles. The SMILES string of the molecule is [LiH].[Mn].[Ni].[Ti]. The van der Waals surface area contributed by atoms with Gasteiger partial charge in [0.05, 0.1) is 0 Å². The van der Waals surface area contributed by atoms with Crippen molar-refractivity contribution >= 4 is 18.9 Å². The van der Waals surface area contributed by atoms with Crippen molar-refractivity contribution in [3.8, 4) is 0 Å². The zero-order valence-electron chi connectivity index (χ0n) is 1.19. The van der Waals surface area contributed by atoms with Crippen LogP contribution < -0.4 is 0 Å². The van der Waals surface area contributed by atoms with Crippen LogP contribution in [0.3, 0.4) is 0 Å². The normalized spacial score (nSPS) is 0. The first-order valence-electron chi connectivity index (χ1n) is 0. The maximum Gasteiger partial charge on any atom is 0 e. The first-order chi connectivity index (χ1) is 0. The molecule has 0 aliphatic rings. The van der Waals surface area contributed by atoms with E-state index in [1.165, 1.54) is 0 Å². The maximum atomic E-state index is 0. The van der Waals surface area contributed by atoms with Gasteiger partial charge in [-0.3, -0.25) is 0 Å². The van der Waals surface area contributed by atoms with Crippen molar-refractivity contribution in [1.82, 2.24) is 0 Å². The van der Waals surface area contributed by atoms with E-state index in [-0.39, 0.29) is 74.1 Å². The van der Waals surface area contributed by atoms with Gasteiger partial charge in [-0.25, -0.2) is 0 Å². The zero-order chi connectivity index (χ0) is 0. The van der Waals surface area contributed by atoms with Crippen LogP contribution in [0.25, 0.3) is 0 Å². The number of hydrogen-bond donors (Lipinski definition) is 0. The Morgan fingerprint density at radius 2 is 1.00 bits per heavy atom. The van der Waals surface area contributed by atoms with E-state index in [2.05, 4.69) is 0 Å². The standard InChI is InChI=1S/Li.Mn.Ni.Ti.H. The summed E-state index contributed by atoms with van der Waals surface area (Å²) in [5.74, 6) is 0. The maximum absolute atomic E-state index is 0. The minimum absolute atomic E-state index is 0. The van der Waals surface area contributed by atoms with Gasteiger partial charge in [-0.05, 0) is 0 Å². The van der Waals surface area contributed by atoms with Crippen molar-refractivity contribution in [2.75, 3.05) is 0 Å². The molecule has 0 saturated carbocycles. The third-order valence-electron chi connectivity index (χ3n) is 0. The molecule has 0 aliphatic heterocycles. The molecular weight excluding hydrogens is 168 g/mol. The largest absolute Gasteiger partial charge is 0 e. The Bertz CT molecular complexity index is 8.00. The van der Waals surface area contributed by atoms with Gasteiger partial charge in [-0.1, -0.05) is 0 Å². The number of rotatable bonds is 0. The van der Waals surface area contributed by atoms with Gasteiger partial charge in [0.25, 0.3) is 0 Å². The summed E-state index contributed by atoms with van der Waals surface area (Å²) in [5, 5.41) is 0. The van der Waals surface area contributed by atoms with Crippen LogP contribution in [0.1, 0.15) is 0 Å². The molecule has 0 bridgehead atoms. The number of hydrogen-bond acceptors (Lipinski definition) is 0. The smallest absolute Gasteiger partial charge is 0 e. The van der Waals surface area contributed by atoms with Crippen molar-refractivity contribution < 1.29 is 55.3 Å². The van der Waals surface area contributed by atoms with Gasteiger partial charge < -0.3 is 0 Å². The molecule has 0 aromatic carbocycles. The van der Waals surface area contributed by atoms with Crippen LogP contribution in [0.2, 0.25) is 0 Å². The molecule has 0 fully saturated rings. The molecule has 0 amide bonds. The molecule has 1 radical (unpaired) electrons. The summed E-state index contributed by atoms with van der Waals surface area (Å²) in [6, 6.07) is 0. The first kappa shape index (κ1) is 33.2. The summed E-state index contributed by atoms with van der Waals surface area (Å²) in [5.41, 5.74) is 0. The fourth-order valence-corrected chi connectivity index (χ4v) is 0. The molecule has 4 heteroatoms. The van der Waals surface area contributed by atoms with Gasteiger partial charge >= 0.3 is 18.9 Å². The minimum atomic E-state index is 0. The van der Waals surface area contributed by atoms with E-state index in [9.17, 15) is 0 Å². The summed E-state index contributed by atoms with van der Waals surface area (Å²) >= 11 is 0. The van der Waals surface area contributed by atoms with Crippen LogP contribution in [0.4, 0.5) is 0 Å². The Balaban J connectivity index is 0. The summed E-state index contributed by atoms with van der Waals surface area (Å²) in [7, 11) is 0. The Kier molecular flexibility index (Phi) is 153. The van der Waals surface area contributed by atoms with Gasteiger partial charge in [0.1, 0.15) is 0 Å². The van der Waals surface area contributed by atoms with E-state index in [4.69, 9.17) is 0 Å². The molecule has 0 heterocycles. The Morgan fingerprint density at radius 1 is 1.00 bits per heavy atom. The van der Waals surface area contributed by atoms with Crippen molar-refractivity contribution in [3.05, 3.63) is 0 Å². The molecule has 23 valence electrons. The fraction of sp³-hybridized carbons (Fsp3) is 0. The molecule has 0 aromatic rings. The predicted octanol–water partition coefficient (Wildman–Crippen LogP) is -0.656. The molecule has 0 atom stereocenters. The quantitative estimate of drug-likeness (QED) is 0.423. The average molecular weight is 169 g/mol. The first-order valence-corrected chi connectivity index (χ1v) is 0. The summed E-state index contributed by atoms with van der Waals surface area (Å²) < 4.78 is 0. The molecule has 4 heavy (non-hydrogen) atoms. The van der Waals surface area contributed by atoms with Crippen LogP contribution in [0.15, 0.2) is 0 Å². The van der Waals surface area contributed by atoms with Crippen LogP contribution in [-0.4, -0.2) is 18.9 Å². The molecule has 0 aliphatic carbocycles. The molecule has 0 nitrogen and oxygen atoms in total. The van der Waals surface area contributed by atoms with Crippen LogP contribution in [0.5, 0.6) is 0 Å². The minimum Gasteiger partial charge on any atom is 0 e. The summed E-state index contributed by atoms with van der Waals surface area (Å²) in [6.45, 7) is 0. The van der Waals surface area contributed by atoms with E-state index in [1.54, 1.807) is 0 Å². The fourth-order valence-electron chi connectivity index (χ4n) is 0. The van der Waals surface area contributed by atoms with Crippen molar-refractivity contribution in [3.63, 3.8) is 0 Å². The predicted molar refractivity (Wildman–Crippen MR) is 7.15 cm³/mol. The van der Waals surface area contributed by atoms with Crippen LogP contribution in [-0.2, 0) is 55.3 Å². The third-order valence-corrected chi connectivity index (χ3v) is 0. The second-order valence-corrected chi connectivity index (χ2v) is 0. The van der Waals surface area contributed by atoms with Gasteiger partial charge in [0, 0.05) is 55.3 Å². The van der Waals surface area contributed by atoms with Gasteiger partial charge in [0.15, 0.2) is 0 Å². The molecule has 0 spiro atoms. The monoisotopic (exact) mass is 169 g/mol. The van der Waals surface area contributed by atoms with Crippen LogP contribution >= 0.6 is 0 Å². The Hall–Kier alpha value is 2.32. The molecule has 0 N–H and O–H groups in total. The van der Waals surface area contributed by atoms with E-state index in [0.717, 1.165) is 0 Å². The van der Waals surface area contributed by atoms with E-state index < -0.39 is 0 Å². The molecule has 0 rings (SSSR count). The van der Waals surface area contributed by atoms with Gasteiger partial charge in [-0.15, -0.1) is 0 Å². The van der Waals surface area contributed by atoms with Crippen LogP contribution in [0, 0.1) is 0 Å². The molecular formula is HLiMnNiTi. The second-order valence-electron chi connectivity index (χ2n) is 0. The average Bonchev–Trinajstić information content (AvgIpc) is 0. The van der Waals surface area contributed by atoms with E-state index >= 15 is 0 Å². The van der Waals surface area contributed by atoms with E-state index in [0.29, 0.717) is 0 Å². The Labute approximate surface area is 73.3 Å². The van der Waals surface area contributed by atoms with Gasteiger partial charge in [-0.2, -0.15) is 0 Å². The second kappa shape index (κ2) is 18.4. The Morgan fingerprint density at radius 3 is 1.00 bits per heavy atom. The summed E-state index contributed by atoms with van der Waals surface area (Å²) in [4.78, 5) is 0. The molecule has 0 unspecified atom stereocenters. The third kappa shape index (κ3) is 8.85. The summed E-state index contributed by atoms with van der Waals surface area (Å²) in [6.07, 6.45) is 0. The van der Waals surface area contributed by atoms with Crippen molar-refractivity contribution in [1.29, 1.82) is 0 Å². The van der Waals surface area contributed by atoms with Crippen molar-refractivity contribution in [2.45, 2.75) is 0 Å². The van der Waals surface area contributed by atoms with E-state index in [1.807, 2.05) is 0 Å². The topological polar surface area (TPSA) is 0 Å². The zero-order valence-corrected chi connectivity index (χ0v) is 4.92. The molecule has 0 aromatic heterocycles. The van der Waals surface area contributed by atoms with Crippen molar-refractivity contribution in [2.24, 2.45) is 0 Å².